The molecule has 0 fully saturated rings. The summed E-state index contributed by atoms with van der Waals surface area (Å²) in [5.74, 6) is -0.815. The number of anilines is 1. The molecule has 8 heteroatoms. The number of likely N-dealkylation sites (N-methyl/N-ethyl adjacent to an activating group) is 1. The zero-order chi connectivity index (χ0) is 25.6. The van der Waals surface area contributed by atoms with Gasteiger partial charge in [-0.25, -0.2) is 8.42 Å². The number of nitrogens with one attached hydrogen (secondary N) is 1. The minimum atomic E-state index is -4.05. The van der Waals surface area contributed by atoms with Gasteiger partial charge in [0, 0.05) is 13.6 Å². The normalized spacial score (nSPS) is 12.0. The van der Waals surface area contributed by atoms with Crippen molar-refractivity contribution in [1.82, 2.24) is 10.2 Å². The van der Waals surface area contributed by atoms with E-state index in [1.54, 1.807) is 43.3 Å². The Kier molecular flexibility index (Phi) is 8.30. The average molecular weight is 494 g/mol. The summed E-state index contributed by atoms with van der Waals surface area (Å²) in [6.07, 6.45) is 0. The lowest BCUT2D eigenvalue weighted by atomic mass is 10.1. The number of sulfonamides is 1. The average Bonchev–Trinajstić information content (AvgIpc) is 2.86. The summed E-state index contributed by atoms with van der Waals surface area (Å²) < 4.78 is 28.4. The highest BCUT2D eigenvalue weighted by molar-refractivity contribution is 7.92. The van der Waals surface area contributed by atoms with Crippen LogP contribution < -0.4 is 9.62 Å². The van der Waals surface area contributed by atoms with Gasteiger partial charge in [-0.1, -0.05) is 54.6 Å². The van der Waals surface area contributed by atoms with Crippen molar-refractivity contribution in [3.8, 4) is 0 Å². The van der Waals surface area contributed by atoms with E-state index in [0.717, 1.165) is 21.0 Å². The molecule has 0 spiro atoms. The number of nitrogens with zero attached hydrogens (tertiary/aromatic N) is 2. The second-order valence-corrected chi connectivity index (χ2v) is 10.3. The molecule has 3 rings (SSSR count). The lowest BCUT2D eigenvalue weighted by molar-refractivity contribution is -0.139. The fraction of sp³-hybridized carbons (Fsp3) is 0.259. The van der Waals surface area contributed by atoms with Crippen LogP contribution in [0.1, 0.15) is 23.6 Å². The predicted molar refractivity (Wildman–Crippen MR) is 137 cm³/mol. The Labute approximate surface area is 207 Å². The smallest absolute Gasteiger partial charge is 0.264 e. The number of hydrogen-bond acceptors (Lipinski definition) is 4. The van der Waals surface area contributed by atoms with E-state index in [1.165, 1.54) is 24.1 Å². The molecule has 1 atom stereocenters. The summed E-state index contributed by atoms with van der Waals surface area (Å²) in [5.41, 5.74) is 3.09. The second-order valence-electron chi connectivity index (χ2n) is 8.40. The van der Waals surface area contributed by atoms with Gasteiger partial charge in [-0.05, 0) is 61.7 Å². The lowest BCUT2D eigenvalue weighted by Gasteiger charge is -2.32. The van der Waals surface area contributed by atoms with E-state index in [1.807, 2.05) is 44.2 Å². The molecular weight excluding hydrogens is 462 g/mol. The van der Waals surface area contributed by atoms with Crippen LogP contribution in [0, 0.1) is 13.8 Å². The van der Waals surface area contributed by atoms with Crippen molar-refractivity contribution in [2.75, 3.05) is 17.9 Å². The molecule has 0 aliphatic heterocycles. The van der Waals surface area contributed by atoms with Crippen LogP contribution in [0.4, 0.5) is 5.69 Å². The summed E-state index contributed by atoms with van der Waals surface area (Å²) in [5, 5.41) is 2.58. The molecule has 0 radical (unpaired) electrons. The SMILES string of the molecule is CNC(=O)C(C)N(Cc1ccccc1C)C(=O)CN(c1cccc(C)c1)S(=O)(=O)c1ccccc1. The molecule has 0 aliphatic carbocycles. The monoisotopic (exact) mass is 493 g/mol. The number of benzene rings is 3. The molecule has 1 unspecified atom stereocenters. The molecule has 1 N–H and O–H groups in total. The fourth-order valence-electron chi connectivity index (χ4n) is 3.79. The highest BCUT2D eigenvalue weighted by Gasteiger charge is 2.32. The van der Waals surface area contributed by atoms with Gasteiger partial charge in [-0.2, -0.15) is 0 Å². The first-order valence-electron chi connectivity index (χ1n) is 11.3. The van der Waals surface area contributed by atoms with Crippen molar-refractivity contribution < 1.29 is 18.0 Å². The Hall–Kier alpha value is -3.65. The molecule has 3 aromatic rings. The standard InChI is InChI=1S/C27H31N3O4S/c1-20-11-10-14-24(17-20)30(35(33,34)25-15-6-5-7-16-25)19-26(31)29(22(3)27(32)28-4)18-23-13-9-8-12-21(23)2/h5-17,22H,18-19H2,1-4H3,(H,28,32). The molecule has 35 heavy (non-hydrogen) atoms. The minimum Gasteiger partial charge on any atom is -0.357 e. The van der Waals surface area contributed by atoms with Gasteiger partial charge in [0.05, 0.1) is 10.6 Å². The Balaban J connectivity index is 2.04. The van der Waals surface area contributed by atoms with Crippen LogP contribution in [0.15, 0.2) is 83.8 Å². The molecule has 2 amide bonds. The summed E-state index contributed by atoms with van der Waals surface area (Å²) in [7, 11) is -2.54. The molecule has 3 aromatic carbocycles. The number of hydrogen-bond donors (Lipinski definition) is 1. The maximum absolute atomic E-state index is 13.7. The molecular formula is C27H31N3O4S. The molecule has 0 aromatic heterocycles. The van der Waals surface area contributed by atoms with Gasteiger partial charge < -0.3 is 10.2 Å². The van der Waals surface area contributed by atoms with Crippen molar-refractivity contribution in [2.24, 2.45) is 0 Å². The Morgan fingerprint density at radius 2 is 1.57 bits per heavy atom. The third kappa shape index (κ3) is 6.08. The quantitative estimate of drug-likeness (QED) is 0.493. The van der Waals surface area contributed by atoms with Gasteiger partial charge in [0.1, 0.15) is 12.6 Å². The summed E-state index contributed by atoms with van der Waals surface area (Å²) in [4.78, 5) is 27.7. The van der Waals surface area contributed by atoms with E-state index in [0.29, 0.717) is 5.69 Å². The number of carbonyl (C=O) groups excluding carboxylic acids is 2. The van der Waals surface area contributed by atoms with Crippen molar-refractivity contribution in [3.05, 3.63) is 95.6 Å². The second kappa shape index (κ2) is 11.2. The van der Waals surface area contributed by atoms with Crippen molar-refractivity contribution in [1.29, 1.82) is 0 Å². The number of aryl methyl sites for hydroxylation is 2. The van der Waals surface area contributed by atoms with Crippen LogP contribution >= 0.6 is 0 Å². The van der Waals surface area contributed by atoms with Gasteiger partial charge in [0.2, 0.25) is 11.8 Å². The number of carbonyl (C=O) groups is 2. The largest absolute Gasteiger partial charge is 0.357 e. The van der Waals surface area contributed by atoms with Crippen LogP contribution in [-0.2, 0) is 26.2 Å². The highest BCUT2D eigenvalue weighted by atomic mass is 32.2. The summed E-state index contributed by atoms with van der Waals surface area (Å²) >= 11 is 0. The molecule has 184 valence electrons. The fourth-order valence-corrected chi connectivity index (χ4v) is 5.22. The molecule has 0 bridgehead atoms. The van der Waals surface area contributed by atoms with Crippen LogP contribution in [0.25, 0.3) is 0 Å². The lowest BCUT2D eigenvalue weighted by Crippen LogP contribution is -2.50. The molecule has 0 saturated heterocycles. The van der Waals surface area contributed by atoms with Gasteiger partial charge in [0.15, 0.2) is 0 Å². The minimum absolute atomic E-state index is 0.0825. The van der Waals surface area contributed by atoms with Gasteiger partial charge in [0.25, 0.3) is 10.0 Å². The zero-order valence-corrected chi connectivity index (χ0v) is 21.2. The topological polar surface area (TPSA) is 86.8 Å². The van der Waals surface area contributed by atoms with Gasteiger partial charge >= 0.3 is 0 Å². The van der Waals surface area contributed by atoms with Crippen LogP contribution in [-0.4, -0.2) is 44.8 Å². The summed E-state index contributed by atoms with van der Waals surface area (Å²) in [6.45, 7) is 5.15. The van der Waals surface area contributed by atoms with E-state index >= 15 is 0 Å². The van der Waals surface area contributed by atoms with Crippen LogP contribution in [0.5, 0.6) is 0 Å². The van der Waals surface area contributed by atoms with Gasteiger partial charge in [-0.15, -0.1) is 0 Å². The van der Waals surface area contributed by atoms with Crippen LogP contribution in [0.2, 0.25) is 0 Å². The van der Waals surface area contributed by atoms with E-state index in [-0.39, 0.29) is 17.3 Å². The highest BCUT2D eigenvalue weighted by Crippen LogP contribution is 2.25. The molecule has 0 heterocycles. The maximum atomic E-state index is 13.7. The Morgan fingerprint density at radius 1 is 0.914 bits per heavy atom. The van der Waals surface area contributed by atoms with E-state index in [9.17, 15) is 18.0 Å². The first-order valence-corrected chi connectivity index (χ1v) is 12.8. The first-order chi connectivity index (χ1) is 16.6. The van der Waals surface area contributed by atoms with E-state index in [4.69, 9.17) is 0 Å². The molecule has 0 saturated carbocycles. The van der Waals surface area contributed by atoms with Crippen LogP contribution in [0.3, 0.4) is 0 Å². The number of rotatable bonds is 9. The van der Waals surface area contributed by atoms with Crippen molar-refractivity contribution >= 4 is 27.5 Å². The van der Waals surface area contributed by atoms with Gasteiger partial charge in [-0.3, -0.25) is 13.9 Å². The van der Waals surface area contributed by atoms with Crippen molar-refractivity contribution in [2.45, 2.75) is 38.3 Å². The van der Waals surface area contributed by atoms with E-state index < -0.39 is 28.5 Å². The predicted octanol–water partition coefficient (Wildman–Crippen LogP) is 3.66. The maximum Gasteiger partial charge on any atom is 0.264 e. The third-order valence-electron chi connectivity index (χ3n) is 5.92. The van der Waals surface area contributed by atoms with E-state index in [2.05, 4.69) is 5.32 Å². The number of amides is 2. The third-order valence-corrected chi connectivity index (χ3v) is 7.70. The van der Waals surface area contributed by atoms with Crippen molar-refractivity contribution in [3.63, 3.8) is 0 Å². The Bertz CT molecular complexity index is 1290. The molecule has 7 nitrogen and oxygen atoms in total. The first kappa shape index (κ1) is 26.0. The molecule has 0 aliphatic rings. The Morgan fingerprint density at radius 3 is 2.20 bits per heavy atom. The zero-order valence-electron chi connectivity index (χ0n) is 20.4. The summed E-state index contributed by atoms with van der Waals surface area (Å²) in [6, 6.07) is 21.8.